The molecule has 0 spiro atoms. The standard InChI is InChI=1S/C18H22N4O2/c1-21-17(23)13-24-16-12-22(11-14-9-19-20-10-14)8-7-18(16,21)15-5-3-2-4-6-15/h2-6,9-10,16H,7-8,11-13H2,1H3,(H,19,20)/t16-,18+/m1/s1. The number of amides is 1. The fourth-order valence-corrected chi connectivity index (χ4v) is 4.05. The van der Waals surface area contributed by atoms with Gasteiger partial charge in [-0.3, -0.25) is 14.8 Å². The van der Waals surface area contributed by atoms with Crippen LogP contribution in [0.3, 0.4) is 0 Å². The number of nitrogens with zero attached hydrogens (tertiary/aromatic N) is 3. The van der Waals surface area contributed by atoms with E-state index in [4.69, 9.17) is 4.74 Å². The zero-order valence-electron chi connectivity index (χ0n) is 13.8. The first kappa shape index (κ1) is 15.4. The van der Waals surface area contributed by atoms with Crippen molar-refractivity contribution in [1.82, 2.24) is 20.0 Å². The monoisotopic (exact) mass is 326 g/mol. The lowest BCUT2D eigenvalue weighted by atomic mass is 9.76. The van der Waals surface area contributed by atoms with Gasteiger partial charge >= 0.3 is 0 Å². The van der Waals surface area contributed by atoms with E-state index in [-0.39, 0.29) is 24.2 Å². The van der Waals surface area contributed by atoms with Crippen LogP contribution in [0.1, 0.15) is 17.5 Å². The lowest BCUT2D eigenvalue weighted by Crippen LogP contribution is -2.66. The van der Waals surface area contributed by atoms with Crippen LogP contribution in [0.2, 0.25) is 0 Å². The Morgan fingerprint density at radius 2 is 2.21 bits per heavy atom. The zero-order valence-corrected chi connectivity index (χ0v) is 13.8. The number of carbonyl (C=O) groups excluding carboxylic acids is 1. The molecule has 2 atom stereocenters. The summed E-state index contributed by atoms with van der Waals surface area (Å²) in [5.41, 5.74) is 1.96. The molecule has 2 aliphatic heterocycles. The Labute approximate surface area is 141 Å². The van der Waals surface area contributed by atoms with Crippen LogP contribution in [-0.2, 0) is 21.6 Å². The number of nitrogens with one attached hydrogen (secondary N) is 1. The van der Waals surface area contributed by atoms with E-state index in [0.717, 1.165) is 31.6 Å². The molecule has 2 saturated heterocycles. The minimum absolute atomic E-state index is 0.0248. The van der Waals surface area contributed by atoms with Gasteiger partial charge in [0.1, 0.15) is 6.61 Å². The van der Waals surface area contributed by atoms with Crippen LogP contribution in [0.4, 0.5) is 0 Å². The molecule has 2 fully saturated rings. The summed E-state index contributed by atoms with van der Waals surface area (Å²) in [5, 5.41) is 6.88. The Bertz CT molecular complexity index is 703. The molecule has 6 nitrogen and oxygen atoms in total. The van der Waals surface area contributed by atoms with Crippen molar-refractivity contribution >= 4 is 5.91 Å². The first-order valence-corrected chi connectivity index (χ1v) is 8.34. The Kier molecular flexibility index (Phi) is 3.86. The number of aromatic amines is 1. The van der Waals surface area contributed by atoms with E-state index < -0.39 is 0 Å². The van der Waals surface area contributed by atoms with E-state index in [2.05, 4.69) is 27.2 Å². The van der Waals surface area contributed by atoms with Crippen LogP contribution in [0.5, 0.6) is 0 Å². The molecule has 0 unspecified atom stereocenters. The number of aromatic nitrogens is 2. The minimum atomic E-state index is -0.372. The fraction of sp³-hybridized carbons (Fsp3) is 0.444. The molecule has 2 aromatic rings. The number of H-pyrrole nitrogens is 1. The normalized spacial score (nSPS) is 28.0. The average Bonchev–Trinajstić information content (AvgIpc) is 3.12. The summed E-state index contributed by atoms with van der Waals surface area (Å²) >= 11 is 0. The second-order valence-electron chi connectivity index (χ2n) is 6.63. The molecule has 24 heavy (non-hydrogen) atoms. The highest BCUT2D eigenvalue weighted by Gasteiger charge is 2.52. The molecule has 0 aliphatic carbocycles. The predicted octanol–water partition coefficient (Wildman–Crippen LogP) is 1.37. The first-order valence-electron chi connectivity index (χ1n) is 8.34. The number of hydrogen-bond donors (Lipinski definition) is 1. The van der Waals surface area contributed by atoms with Gasteiger partial charge in [-0.15, -0.1) is 0 Å². The molecule has 0 radical (unpaired) electrons. The summed E-state index contributed by atoms with van der Waals surface area (Å²) in [6.45, 7) is 2.73. The molecule has 1 aromatic carbocycles. The summed E-state index contributed by atoms with van der Waals surface area (Å²) in [6, 6.07) is 10.3. The Morgan fingerprint density at radius 3 is 2.96 bits per heavy atom. The molecule has 0 bridgehead atoms. The number of carbonyl (C=O) groups is 1. The third kappa shape index (κ3) is 2.42. The molecule has 1 amide bonds. The average molecular weight is 326 g/mol. The number of likely N-dealkylation sites (tertiary alicyclic amines) is 1. The van der Waals surface area contributed by atoms with E-state index in [0.29, 0.717) is 0 Å². The minimum Gasteiger partial charge on any atom is -0.364 e. The van der Waals surface area contributed by atoms with Gasteiger partial charge in [0.25, 0.3) is 0 Å². The van der Waals surface area contributed by atoms with E-state index in [9.17, 15) is 4.79 Å². The van der Waals surface area contributed by atoms with Crippen LogP contribution in [0.25, 0.3) is 0 Å². The van der Waals surface area contributed by atoms with Gasteiger partial charge in [-0.1, -0.05) is 30.3 Å². The summed E-state index contributed by atoms with van der Waals surface area (Å²) in [4.78, 5) is 16.6. The summed E-state index contributed by atoms with van der Waals surface area (Å²) < 4.78 is 6.02. The Hall–Kier alpha value is -2.18. The molecule has 2 aliphatic rings. The lowest BCUT2D eigenvalue weighted by Gasteiger charge is -2.54. The van der Waals surface area contributed by atoms with Crippen molar-refractivity contribution in [2.75, 3.05) is 26.7 Å². The number of rotatable bonds is 3. The number of fused-ring (bicyclic) bond motifs is 1. The smallest absolute Gasteiger partial charge is 0.249 e. The van der Waals surface area contributed by atoms with Crippen molar-refractivity contribution in [2.24, 2.45) is 0 Å². The first-order chi connectivity index (χ1) is 11.7. The maximum absolute atomic E-state index is 12.3. The number of ether oxygens (including phenoxy) is 1. The van der Waals surface area contributed by atoms with Gasteiger partial charge < -0.3 is 9.64 Å². The molecular formula is C18H22N4O2. The fourth-order valence-electron chi connectivity index (χ4n) is 4.05. The van der Waals surface area contributed by atoms with Crippen LogP contribution < -0.4 is 0 Å². The van der Waals surface area contributed by atoms with Crippen molar-refractivity contribution < 1.29 is 9.53 Å². The molecule has 126 valence electrons. The zero-order chi connectivity index (χ0) is 16.6. The molecule has 1 N–H and O–H groups in total. The lowest BCUT2D eigenvalue weighted by molar-refractivity contribution is -0.183. The maximum Gasteiger partial charge on any atom is 0.249 e. The summed E-state index contributed by atoms with van der Waals surface area (Å²) in [6.07, 6.45) is 4.62. The van der Waals surface area contributed by atoms with Gasteiger partial charge in [0, 0.05) is 38.4 Å². The van der Waals surface area contributed by atoms with Crippen LogP contribution >= 0.6 is 0 Å². The van der Waals surface area contributed by atoms with E-state index >= 15 is 0 Å². The third-order valence-electron chi connectivity index (χ3n) is 5.38. The van der Waals surface area contributed by atoms with Crippen molar-refractivity contribution in [2.45, 2.75) is 24.6 Å². The largest absolute Gasteiger partial charge is 0.364 e. The van der Waals surface area contributed by atoms with Crippen molar-refractivity contribution in [1.29, 1.82) is 0 Å². The molecule has 0 saturated carbocycles. The molecule has 6 heteroatoms. The van der Waals surface area contributed by atoms with Gasteiger partial charge in [-0.2, -0.15) is 5.10 Å². The second-order valence-corrected chi connectivity index (χ2v) is 6.63. The number of hydrogen-bond acceptors (Lipinski definition) is 4. The van der Waals surface area contributed by atoms with Gasteiger partial charge in [0.15, 0.2) is 0 Å². The molecule has 1 aromatic heterocycles. The Morgan fingerprint density at radius 1 is 1.38 bits per heavy atom. The number of likely N-dealkylation sites (N-methyl/N-ethyl adjacent to an activating group) is 1. The predicted molar refractivity (Wildman–Crippen MR) is 89.1 cm³/mol. The maximum atomic E-state index is 12.3. The molecule has 4 rings (SSSR count). The second kappa shape index (κ2) is 6.03. The summed E-state index contributed by atoms with van der Waals surface area (Å²) in [7, 11) is 1.91. The summed E-state index contributed by atoms with van der Waals surface area (Å²) in [5.74, 6) is 0.0541. The molecular weight excluding hydrogens is 304 g/mol. The van der Waals surface area contributed by atoms with E-state index in [1.165, 1.54) is 5.56 Å². The van der Waals surface area contributed by atoms with Gasteiger partial charge in [0.2, 0.25) is 5.91 Å². The number of morpholine rings is 1. The van der Waals surface area contributed by atoms with Gasteiger partial charge in [-0.25, -0.2) is 0 Å². The van der Waals surface area contributed by atoms with Crippen molar-refractivity contribution in [3.05, 3.63) is 53.9 Å². The highest BCUT2D eigenvalue weighted by atomic mass is 16.5. The van der Waals surface area contributed by atoms with E-state index in [1.54, 1.807) is 0 Å². The van der Waals surface area contributed by atoms with Gasteiger partial charge in [-0.05, 0) is 12.0 Å². The topological polar surface area (TPSA) is 61.5 Å². The van der Waals surface area contributed by atoms with Crippen LogP contribution in [0, 0.1) is 0 Å². The van der Waals surface area contributed by atoms with Gasteiger partial charge in [0.05, 0.1) is 17.8 Å². The quantitative estimate of drug-likeness (QED) is 0.925. The van der Waals surface area contributed by atoms with E-state index in [1.807, 2.05) is 42.5 Å². The highest BCUT2D eigenvalue weighted by Crippen LogP contribution is 2.42. The van der Waals surface area contributed by atoms with Crippen LogP contribution in [0.15, 0.2) is 42.7 Å². The van der Waals surface area contributed by atoms with Crippen molar-refractivity contribution in [3.8, 4) is 0 Å². The SMILES string of the molecule is CN1C(=O)CO[C@@H]2CN(Cc3cn[nH]c3)CC[C@]21c1ccccc1. The third-order valence-corrected chi connectivity index (χ3v) is 5.38. The number of benzene rings is 1. The molecule has 3 heterocycles. The Balaban J connectivity index is 1.63. The highest BCUT2D eigenvalue weighted by molar-refractivity contribution is 5.79. The number of piperidine rings is 1. The van der Waals surface area contributed by atoms with Crippen LogP contribution in [-0.4, -0.2) is 58.8 Å². The van der Waals surface area contributed by atoms with Crippen molar-refractivity contribution in [3.63, 3.8) is 0 Å².